The number of anilines is 1. The first kappa shape index (κ1) is 13.3. The molecule has 3 nitrogen and oxygen atoms in total. The SMILES string of the molecule is CC(C)Oc1ccccc1NCc1ccccc1O. The lowest BCUT2D eigenvalue weighted by Gasteiger charge is -2.15. The van der Waals surface area contributed by atoms with E-state index in [2.05, 4.69) is 5.32 Å². The Hall–Kier alpha value is -2.16. The topological polar surface area (TPSA) is 41.5 Å². The van der Waals surface area contributed by atoms with E-state index >= 15 is 0 Å². The first-order chi connectivity index (χ1) is 9.16. The molecule has 0 aliphatic heterocycles. The molecular formula is C16H19NO2. The van der Waals surface area contributed by atoms with Gasteiger partial charge in [-0.3, -0.25) is 0 Å². The van der Waals surface area contributed by atoms with Gasteiger partial charge in [-0.15, -0.1) is 0 Å². The van der Waals surface area contributed by atoms with E-state index in [0.29, 0.717) is 12.3 Å². The zero-order valence-electron chi connectivity index (χ0n) is 11.3. The number of hydrogen-bond acceptors (Lipinski definition) is 3. The quantitative estimate of drug-likeness (QED) is 0.856. The molecule has 2 rings (SSSR count). The summed E-state index contributed by atoms with van der Waals surface area (Å²) in [6.07, 6.45) is 0.132. The zero-order valence-corrected chi connectivity index (χ0v) is 11.3. The predicted molar refractivity (Wildman–Crippen MR) is 77.6 cm³/mol. The molecule has 0 atom stereocenters. The monoisotopic (exact) mass is 257 g/mol. The van der Waals surface area contributed by atoms with Crippen LogP contribution in [-0.2, 0) is 6.54 Å². The maximum atomic E-state index is 9.73. The van der Waals surface area contributed by atoms with Gasteiger partial charge in [-0.25, -0.2) is 0 Å². The second-order valence-corrected chi connectivity index (χ2v) is 4.65. The summed E-state index contributed by atoms with van der Waals surface area (Å²) in [5.41, 5.74) is 1.79. The first-order valence-corrected chi connectivity index (χ1v) is 6.43. The summed E-state index contributed by atoms with van der Waals surface area (Å²) in [7, 11) is 0. The number of phenolic OH excluding ortho intramolecular Hbond substituents is 1. The van der Waals surface area contributed by atoms with Crippen LogP contribution in [-0.4, -0.2) is 11.2 Å². The number of nitrogens with one attached hydrogen (secondary N) is 1. The van der Waals surface area contributed by atoms with Crippen molar-refractivity contribution in [2.75, 3.05) is 5.32 Å². The number of benzene rings is 2. The fraction of sp³-hybridized carbons (Fsp3) is 0.250. The molecule has 0 saturated heterocycles. The molecule has 0 spiro atoms. The van der Waals surface area contributed by atoms with E-state index in [0.717, 1.165) is 17.0 Å². The Morgan fingerprint density at radius 3 is 2.47 bits per heavy atom. The van der Waals surface area contributed by atoms with Gasteiger partial charge in [-0.1, -0.05) is 30.3 Å². The lowest BCUT2D eigenvalue weighted by Crippen LogP contribution is -2.08. The lowest BCUT2D eigenvalue weighted by molar-refractivity contribution is 0.243. The Labute approximate surface area is 113 Å². The third kappa shape index (κ3) is 3.65. The molecule has 2 aromatic rings. The number of para-hydroxylation sites is 3. The van der Waals surface area contributed by atoms with Crippen LogP contribution in [0.15, 0.2) is 48.5 Å². The van der Waals surface area contributed by atoms with Crippen molar-refractivity contribution < 1.29 is 9.84 Å². The van der Waals surface area contributed by atoms with Gasteiger partial charge in [0.1, 0.15) is 11.5 Å². The Morgan fingerprint density at radius 1 is 1.05 bits per heavy atom. The Morgan fingerprint density at radius 2 is 1.74 bits per heavy atom. The molecule has 100 valence electrons. The molecule has 0 unspecified atom stereocenters. The van der Waals surface area contributed by atoms with Gasteiger partial charge in [0.05, 0.1) is 11.8 Å². The summed E-state index contributed by atoms with van der Waals surface area (Å²) in [5.74, 6) is 1.13. The summed E-state index contributed by atoms with van der Waals surface area (Å²) >= 11 is 0. The third-order valence-corrected chi connectivity index (χ3v) is 2.71. The molecule has 0 aliphatic rings. The first-order valence-electron chi connectivity index (χ1n) is 6.43. The number of phenols is 1. The minimum Gasteiger partial charge on any atom is -0.508 e. The van der Waals surface area contributed by atoms with Crippen molar-refractivity contribution >= 4 is 5.69 Å². The molecule has 3 heteroatoms. The van der Waals surface area contributed by atoms with Gasteiger partial charge < -0.3 is 15.2 Å². The smallest absolute Gasteiger partial charge is 0.142 e. The van der Waals surface area contributed by atoms with E-state index in [4.69, 9.17) is 4.74 Å². The Bertz CT molecular complexity index is 538. The molecule has 0 radical (unpaired) electrons. The van der Waals surface area contributed by atoms with Crippen molar-refractivity contribution in [3.63, 3.8) is 0 Å². The standard InChI is InChI=1S/C16H19NO2/c1-12(2)19-16-10-6-4-8-14(16)17-11-13-7-3-5-9-15(13)18/h3-10,12,17-18H,11H2,1-2H3. The van der Waals surface area contributed by atoms with Gasteiger partial charge >= 0.3 is 0 Å². The fourth-order valence-corrected chi connectivity index (χ4v) is 1.82. The maximum absolute atomic E-state index is 9.73. The summed E-state index contributed by atoms with van der Waals surface area (Å²) in [4.78, 5) is 0. The van der Waals surface area contributed by atoms with E-state index in [1.54, 1.807) is 6.07 Å². The number of hydrogen-bond donors (Lipinski definition) is 2. The predicted octanol–water partition coefficient (Wildman–Crippen LogP) is 3.79. The van der Waals surface area contributed by atoms with Crippen molar-refractivity contribution in [3.05, 3.63) is 54.1 Å². The van der Waals surface area contributed by atoms with Crippen LogP contribution in [0.3, 0.4) is 0 Å². The summed E-state index contributed by atoms with van der Waals surface area (Å²) in [5, 5.41) is 13.0. The van der Waals surface area contributed by atoms with Gasteiger partial charge in [0.25, 0.3) is 0 Å². The average molecular weight is 257 g/mol. The van der Waals surface area contributed by atoms with E-state index in [1.165, 1.54) is 0 Å². The molecule has 2 N–H and O–H groups in total. The van der Waals surface area contributed by atoms with Crippen LogP contribution in [0.25, 0.3) is 0 Å². The molecular weight excluding hydrogens is 238 g/mol. The van der Waals surface area contributed by atoms with Gasteiger partial charge in [0.15, 0.2) is 0 Å². The molecule has 19 heavy (non-hydrogen) atoms. The minimum absolute atomic E-state index is 0.132. The molecule has 0 fully saturated rings. The fourth-order valence-electron chi connectivity index (χ4n) is 1.82. The van der Waals surface area contributed by atoms with Gasteiger partial charge in [0.2, 0.25) is 0 Å². The van der Waals surface area contributed by atoms with Crippen LogP contribution in [0.5, 0.6) is 11.5 Å². The van der Waals surface area contributed by atoms with E-state index in [1.807, 2.05) is 56.3 Å². The van der Waals surface area contributed by atoms with Crippen LogP contribution in [0.2, 0.25) is 0 Å². The van der Waals surface area contributed by atoms with E-state index < -0.39 is 0 Å². The average Bonchev–Trinajstić information content (AvgIpc) is 2.39. The van der Waals surface area contributed by atoms with Crippen LogP contribution >= 0.6 is 0 Å². The highest BCUT2D eigenvalue weighted by Crippen LogP contribution is 2.26. The van der Waals surface area contributed by atoms with Gasteiger partial charge in [-0.2, -0.15) is 0 Å². The number of rotatable bonds is 5. The molecule has 0 aromatic heterocycles. The minimum atomic E-state index is 0.132. The van der Waals surface area contributed by atoms with Crippen LogP contribution in [0.4, 0.5) is 5.69 Å². The normalized spacial score (nSPS) is 10.5. The van der Waals surface area contributed by atoms with Crippen molar-refractivity contribution in [2.45, 2.75) is 26.5 Å². The Balaban J connectivity index is 2.09. The maximum Gasteiger partial charge on any atom is 0.142 e. The summed E-state index contributed by atoms with van der Waals surface area (Å²) in [6, 6.07) is 15.1. The molecule has 0 amide bonds. The highest BCUT2D eigenvalue weighted by atomic mass is 16.5. The Kier molecular flexibility index (Phi) is 4.29. The number of ether oxygens (including phenoxy) is 1. The van der Waals surface area contributed by atoms with Crippen LogP contribution in [0.1, 0.15) is 19.4 Å². The summed E-state index contributed by atoms with van der Waals surface area (Å²) < 4.78 is 5.74. The molecule has 0 heterocycles. The van der Waals surface area contributed by atoms with Crippen molar-refractivity contribution in [3.8, 4) is 11.5 Å². The molecule has 0 saturated carbocycles. The summed E-state index contributed by atoms with van der Waals surface area (Å²) in [6.45, 7) is 4.56. The highest BCUT2D eigenvalue weighted by molar-refractivity contribution is 5.56. The number of aromatic hydroxyl groups is 1. The van der Waals surface area contributed by atoms with Crippen molar-refractivity contribution in [1.29, 1.82) is 0 Å². The third-order valence-electron chi connectivity index (χ3n) is 2.71. The highest BCUT2D eigenvalue weighted by Gasteiger charge is 2.05. The van der Waals surface area contributed by atoms with Crippen molar-refractivity contribution in [1.82, 2.24) is 0 Å². The zero-order chi connectivity index (χ0) is 13.7. The lowest BCUT2D eigenvalue weighted by atomic mass is 10.2. The van der Waals surface area contributed by atoms with E-state index in [-0.39, 0.29) is 6.10 Å². The van der Waals surface area contributed by atoms with E-state index in [9.17, 15) is 5.11 Å². The van der Waals surface area contributed by atoms with Crippen LogP contribution in [0, 0.1) is 0 Å². The van der Waals surface area contributed by atoms with Crippen LogP contribution < -0.4 is 10.1 Å². The second-order valence-electron chi connectivity index (χ2n) is 4.65. The van der Waals surface area contributed by atoms with Gasteiger partial charge in [-0.05, 0) is 32.0 Å². The largest absolute Gasteiger partial charge is 0.508 e. The molecule has 2 aromatic carbocycles. The van der Waals surface area contributed by atoms with Gasteiger partial charge in [0, 0.05) is 12.1 Å². The second kappa shape index (κ2) is 6.14. The molecule has 0 aliphatic carbocycles. The molecule has 0 bridgehead atoms. The van der Waals surface area contributed by atoms with Crippen molar-refractivity contribution in [2.24, 2.45) is 0 Å².